The van der Waals surface area contributed by atoms with E-state index in [1.165, 1.54) is 16.7 Å². The molecule has 2 aromatic carbocycles. The summed E-state index contributed by atoms with van der Waals surface area (Å²) >= 11 is 0. The molecule has 0 aromatic heterocycles. The number of hydrogen-bond donors (Lipinski definition) is 2. The molecule has 1 aliphatic heterocycles. The van der Waals surface area contributed by atoms with Crippen LogP contribution in [0.5, 0.6) is 0 Å². The highest BCUT2D eigenvalue weighted by molar-refractivity contribution is 5.79. The molecule has 0 bridgehead atoms. The smallest absolute Gasteiger partial charge is 0.191 e. The van der Waals surface area contributed by atoms with Gasteiger partial charge in [0.05, 0.1) is 0 Å². The zero-order valence-corrected chi connectivity index (χ0v) is 16.5. The van der Waals surface area contributed by atoms with Gasteiger partial charge in [0.15, 0.2) is 5.96 Å². The maximum Gasteiger partial charge on any atom is 0.191 e. The van der Waals surface area contributed by atoms with E-state index in [0.717, 1.165) is 51.5 Å². The highest BCUT2D eigenvalue weighted by Gasteiger charge is 2.34. The fraction of sp³-hybridized carbons (Fsp3) is 0.435. The summed E-state index contributed by atoms with van der Waals surface area (Å²) in [5.74, 6) is 0.850. The molecule has 144 valence electrons. The molecule has 2 N–H and O–H groups in total. The van der Waals surface area contributed by atoms with Crippen molar-refractivity contribution in [3.8, 4) is 0 Å². The summed E-state index contributed by atoms with van der Waals surface area (Å²) in [5.41, 5.74) is 4.18. The number of aliphatic imine (C=N–C) groups is 1. The quantitative estimate of drug-likeness (QED) is 0.607. The van der Waals surface area contributed by atoms with Gasteiger partial charge < -0.3 is 15.4 Å². The molecular weight excluding hydrogens is 334 g/mol. The van der Waals surface area contributed by atoms with E-state index in [-0.39, 0.29) is 5.41 Å². The van der Waals surface area contributed by atoms with Gasteiger partial charge >= 0.3 is 0 Å². The van der Waals surface area contributed by atoms with Crippen molar-refractivity contribution in [3.63, 3.8) is 0 Å². The molecule has 0 atom stereocenters. The largest absolute Gasteiger partial charge is 0.381 e. The summed E-state index contributed by atoms with van der Waals surface area (Å²) in [6.45, 7) is 5.46. The highest BCUT2D eigenvalue weighted by Crippen LogP contribution is 2.34. The molecule has 1 heterocycles. The van der Waals surface area contributed by atoms with Crippen LogP contribution in [0, 0.1) is 0 Å². The standard InChI is InChI=1S/C23H31N3O/c1-3-19-9-7-8-10-20(19)17-25-22(24-2)26-18-23(13-15-27-16-14-23)21-11-5-4-6-12-21/h4-12H,3,13-18H2,1-2H3,(H2,24,25,26). The summed E-state index contributed by atoms with van der Waals surface area (Å²) in [6.07, 6.45) is 3.10. The number of aryl methyl sites for hydroxylation is 1. The second-order valence-electron chi connectivity index (χ2n) is 7.16. The van der Waals surface area contributed by atoms with Gasteiger partial charge in [-0.1, -0.05) is 61.5 Å². The van der Waals surface area contributed by atoms with Crippen LogP contribution in [0.4, 0.5) is 0 Å². The van der Waals surface area contributed by atoms with Crippen molar-refractivity contribution in [1.29, 1.82) is 0 Å². The predicted octanol–water partition coefficient (Wildman–Crippen LogP) is 3.66. The number of guanidine groups is 1. The van der Waals surface area contributed by atoms with E-state index in [1.807, 2.05) is 7.05 Å². The van der Waals surface area contributed by atoms with E-state index in [4.69, 9.17) is 4.74 Å². The fourth-order valence-electron chi connectivity index (χ4n) is 3.85. The van der Waals surface area contributed by atoms with Crippen molar-refractivity contribution in [2.24, 2.45) is 4.99 Å². The molecule has 0 unspecified atom stereocenters. The molecule has 0 aliphatic carbocycles. The summed E-state index contributed by atoms with van der Waals surface area (Å²) in [7, 11) is 1.83. The lowest BCUT2D eigenvalue weighted by molar-refractivity contribution is 0.0514. The molecule has 0 radical (unpaired) electrons. The van der Waals surface area contributed by atoms with Crippen molar-refractivity contribution in [3.05, 3.63) is 71.3 Å². The average Bonchev–Trinajstić information content (AvgIpc) is 2.75. The lowest BCUT2D eigenvalue weighted by Crippen LogP contribution is -2.47. The SMILES string of the molecule is CCc1ccccc1CNC(=NC)NCC1(c2ccccc2)CCOCC1. The molecule has 4 heteroatoms. The first-order valence-corrected chi connectivity index (χ1v) is 9.92. The molecule has 0 spiro atoms. The van der Waals surface area contributed by atoms with E-state index in [2.05, 4.69) is 77.1 Å². The summed E-state index contributed by atoms with van der Waals surface area (Å²) in [5, 5.41) is 7.05. The van der Waals surface area contributed by atoms with E-state index < -0.39 is 0 Å². The fourth-order valence-corrected chi connectivity index (χ4v) is 3.85. The van der Waals surface area contributed by atoms with Gasteiger partial charge in [-0.2, -0.15) is 0 Å². The minimum Gasteiger partial charge on any atom is -0.381 e. The Morgan fingerprint density at radius 1 is 0.963 bits per heavy atom. The zero-order valence-electron chi connectivity index (χ0n) is 16.5. The number of ether oxygens (including phenoxy) is 1. The Morgan fingerprint density at radius 2 is 1.63 bits per heavy atom. The van der Waals surface area contributed by atoms with Gasteiger partial charge in [0.25, 0.3) is 0 Å². The summed E-state index contributed by atoms with van der Waals surface area (Å²) < 4.78 is 5.64. The van der Waals surface area contributed by atoms with Crippen LogP contribution in [0.1, 0.15) is 36.5 Å². The number of hydrogen-bond acceptors (Lipinski definition) is 2. The lowest BCUT2D eigenvalue weighted by atomic mass is 9.74. The van der Waals surface area contributed by atoms with E-state index in [9.17, 15) is 0 Å². The molecule has 4 nitrogen and oxygen atoms in total. The van der Waals surface area contributed by atoms with Crippen LogP contribution < -0.4 is 10.6 Å². The lowest BCUT2D eigenvalue weighted by Gasteiger charge is -2.38. The maximum atomic E-state index is 5.64. The highest BCUT2D eigenvalue weighted by atomic mass is 16.5. The van der Waals surface area contributed by atoms with Crippen molar-refractivity contribution in [2.45, 2.75) is 38.1 Å². The number of rotatable bonds is 6. The molecule has 0 saturated carbocycles. The Balaban J connectivity index is 1.65. The van der Waals surface area contributed by atoms with Crippen LogP contribution in [0.25, 0.3) is 0 Å². The maximum absolute atomic E-state index is 5.64. The van der Waals surface area contributed by atoms with Gasteiger partial charge in [0.2, 0.25) is 0 Å². The average molecular weight is 366 g/mol. The van der Waals surface area contributed by atoms with Gasteiger partial charge in [-0.25, -0.2) is 0 Å². The third-order valence-corrected chi connectivity index (χ3v) is 5.60. The van der Waals surface area contributed by atoms with Crippen LogP contribution >= 0.6 is 0 Å². The Hall–Kier alpha value is -2.33. The number of benzene rings is 2. The van der Waals surface area contributed by atoms with Gasteiger partial charge in [-0.15, -0.1) is 0 Å². The third kappa shape index (κ3) is 4.89. The molecular formula is C23H31N3O. The van der Waals surface area contributed by atoms with Crippen molar-refractivity contribution >= 4 is 5.96 Å². The van der Waals surface area contributed by atoms with Crippen LogP contribution in [0.2, 0.25) is 0 Å². The van der Waals surface area contributed by atoms with Crippen LogP contribution in [0.15, 0.2) is 59.6 Å². The molecule has 3 rings (SSSR count). The van der Waals surface area contributed by atoms with Gasteiger partial charge in [-0.3, -0.25) is 4.99 Å². The molecule has 1 aliphatic rings. The van der Waals surface area contributed by atoms with Gasteiger partial charge in [0, 0.05) is 38.8 Å². The van der Waals surface area contributed by atoms with Gasteiger partial charge in [-0.05, 0) is 36.0 Å². The van der Waals surface area contributed by atoms with Crippen molar-refractivity contribution in [1.82, 2.24) is 10.6 Å². The summed E-state index contributed by atoms with van der Waals surface area (Å²) in [6, 6.07) is 19.4. The molecule has 27 heavy (non-hydrogen) atoms. The van der Waals surface area contributed by atoms with Crippen molar-refractivity contribution in [2.75, 3.05) is 26.8 Å². The number of nitrogens with zero attached hydrogens (tertiary/aromatic N) is 1. The third-order valence-electron chi connectivity index (χ3n) is 5.60. The second kappa shape index (κ2) is 9.56. The molecule has 1 saturated heterocycles. The minimum atomic E-state index is 0.0957. The minimum absolute atomic E-state index is 0.0957. The monoisotopic (exact) mass is 365 g/mol. The Morgan fingerprint density at radius 3 is 2.30 bits per heavy atom. The first-order valence-electron chi connectivity index (χ1n) is 9.92. The van der Waals surface area contributed by atoms with Gasteiger partial charge in [0.1, 0.15) is 0 Å². The number of nitrogens with one attached hydrogen (secondary N) is 2. The second-order valence-corrected chi connectivity index (χ2v) is 7.16. The zero-order chi connectivity index (χ0) is 19.0. The first-order chi connectivity index (χ1) is 13.3. The predicted molar refractivity (Wildman–Crippen MR) is 112 cm³/mol. The Labute approximate surface area is 163 Å². The van der Waals surface area contributed by atoms with E-state index >= 15 is 0 Å². The molecule has 1 fully saturated rings. The summed E-state index contributed by atoms with van der Waals surface area (Å²) in [4.78, 5) is 4.43. The van der Waals surface area contributed by atoms with E-state index in [1.54, 1.807) is 0 Å². The van der Waals surface area contributed by atoms with E-state index in [0.29, 0.717) is 0 Å². The first kappa shape index (κ1) is 19.4. The van der Waals surface area contributed by atoms with Crippen LogP contribution in [-0.4, -0.2) is 32.8 Å². The normalized spacial score (nSPS) is 16.7. The van der Waals surface area contributed by atoms with Crippen molar-refractivity contribution < 1.29 is 4.74 Å². The Bertz CT molecular complexity index is 736. The van der Waals surface area contributed by atoms with Crippen LogP contribution in [-0.2, 0) is 23.1 Å². The van der Waals surface area contributed by atoms with Crippen LogP contribution in [0.3, 0.4) is 0 Å². The molecule has 0 amide bonds. The topological polar surface area (TPSA) is 45.7 Å². The Kier molecular flexibility index (Phi) is 6.88. The molecule has 2 aromatic rings.